The van der Waals surface area contributed by atoms with Gasteiger partial charge in [0.05, 0.1) is 4.92 Å². The van der Waals surface area contributed by atoms with E-state index in [1.807, 2.05) is 0 Å². The molecular weight excluding hydrogens is 398 g/mol. The van der Waals surface area contributed by atoms with Crippen LogP contribution in [0.2, 0.25) is 0 Å². The number of aliphatic carboxylic acids is 1. The number of β-lactam (4-membered cyclic amide) rings is 1. The molecule has 0 aromatic heterocycles. The SMILES string of the molecule is NC1C(=O)N2C(C(=O)O)=C(CSc3ccc([N+](=O)[O-])c(C(=O)O)c3)CSC12. The first kappa shape index (κ1) is 19.2. The predicted octanol–water partition coefficient (Wildman–Crippen LogP) is 0.966. The Balaban J connectivity index is 1.84. The second-order valence-corrected chi connectivity index (χ2v) is 7.88. The molecule has 1 fully saturated rings. The lowest BCUT2D eigenvalue weighted by atomic mass is 10.0. The predicted molar refractivity (Wildman–Crippen MR) is 96.5 cm³/mol. The summed E-state index contributed by atoms with van der Waals surface area (Å²) in [5.41, 5.74) is 5.13. The van der Waals surface area contributed by atoms with Gasteiger partial charge in [-0.05, 0) is 17.7 Å². The topological polar surface area (TPSA) is 164 Å². The molecule has 2 aliphatic heterocycles. The first-order chi connectivity index (χ1) is 12.7. The highest BCUT2D eigenvalue weighted by Crippen LogP contribution is 2.41. The van der Waals surface area contributed by atoms with E-state index in [1.54, 1.807) is 0 Å². The minimum absolute atomic E-state index is 0.0988. The van der Waals surface area contributed by atoms with Gasteiger partial charge in [0.2, 0.25) is 5.91 Å². The molecule has 0 spiro atoms. The molecule has 12 heteroatoms. The Hall–Kier alpha value is -2.57. The minimum atomic E-state index is -1.43. The quantitative estimate of drug-likeness (QED) is 0.266. The number of carboxylic acid groups (broad SMARTS) is 2. The van der Waals surface area contributed by atoms with Crippen LogP contribution in [-0.2, 0) is 9.59 Å². The Morgan fingerprint density at radius 3 is 2.67 bits per heavy atom. The van der Waals surface area contributed by atoms with Crippen molar-refractivity contribution in [3.63, 3.8) is 0 Å². The van der Waals surface area contributed by atoms with Crippen molar-refractivity contribution in [3.05, 3.63) is 45.1 Å². The maximum absolute atomic E-state index is 11.9. The number of hydrogen-bond donors (Lipinski definition) is 3. The van der Waals surface area contributed by atoms with Crippen molar-refractivity contribution in [1.82, 2.24) is 4.90 Å². The highest BCUT2D eigenvalue weighted by Gasteiger charge is 2.51. The summed E-state index contributed by atoms with van der Waals surface area (Å²) in [5.74, 6) is -2.54. The lowest BCUT2D eigenvalue weighted by Gasteiger charge is -2.48. The molecule has 2 unspecified atom stereocenters. The number of carbonyl (C=O) groups is 3. The number of benzene rings is 1. The first-order valence-electron chi connectivity index (χ1n) is 7.52. The van der Waals surface area contributed by atoms with Gasteiger partial charge in [-0.3, -0.25) is 19.8 Å². The van der Waals surface area contributed by atoms with E-state index in [2.05, 4.69) is 0 Å². The largest absolute Gasteiger partial charge is 0.477 e. The highest BCUT2D eigenvalue weighted by atomic mass is 32.2. The van der Waals surface area contributed by atoms with Crippen molar-refractivity contribution in [2.24, 2.45) is 5.73 Å². The van der Waals surface area contributed by atoms with Crippen LogP contribution in [0, 0.1) is 10.1 Å². The first-order valence-corrected chi connectivity index (χ1v) is 9.56. The van der Waals surface area contributed by atoms with E-state index in [4.69, 9.17) is 10.8 Å². The van der Waals surface area contributed by atoms with E-state index in [0.29, 0.717) is 16.2 Å². The fourth-order valence-electron chi connectivity index (χ4n) is 2.80. The molecular formula is C15H13N3O7S2. The average Bonchev–Trinajstić information content (AvgIpc) is 2.64. The van der Waals surface area contributed by atoms with Crippen LogP contribution in [0.3, 0.4) is 0 Å². The molecule has 1 aromatic rings. The zero-order valence-corrected chi connectivity index (χ0v) is 15.2. The lowest BCUT2D eigenvalue weighted by molar-refractivity contribution is -0.385. The number of aromatic carboxylic acids is 1. The van der Waals surface area contributed by atoms with Gasteiger partial charge in [-0.15, -0.1) is 23.5 Å². The number of amides is 1. The summed E-state index contributed by atoms with van der Waals surface area (Å²) in [6, 6.07) is 2.96. The molecule has 0 aliphatic carbocycles. The van der Waals surface area contributed by atoms with Crippen molar-refractivity contribution in [3.8, 4) is 0 Å². The van der Waals surface area contributed by atoms with Gasteiger partial charge in [0.1, 0.15) is 22.7 Å². The molecule has 142 valence electrons. The lowest BCUT2D eigenvalue weighted by Crippen LogP contribution is -2.68. The second kappa shape index (κ2) is 7.21. The standard InChI is InChI=1S/C15H13N3O7S2/c16-10-12(19)17-11(15(22)23)6(5-27-13(10)17)4-26-7-1-2-9(18(24)25)8(3-7)14(20)21/h1-3,10,13H,4-5,16H2,(H,20,21)(H,22,23). The number of carboxylic acids is 2. The number of nitrogens with two attached hydrogens (primary N) is 1. The fraction of sp³-hybridized carbons (Fsp3) is 0.267. The number of fused-ring (bicyclic) bond motifs is 1. The Labute approximate surface area is 160 Å². The second-order valence-electron chi connectivity index (χ2n) is 5.72. The van der Waals surface area contributed by atoms with Crippen molar-refractivity contribution in [2.45, 2.75) is 16.3 Å². The van der Waals surface area contributed by atoms with Crippen LogP contribution in [0.15, 0.2) is 34.4 Å². The third kappa shape index (κ3) is 3.38. The minimum Gasteiger partial charge on any atom is -0.477 e. The smallest absolute Gasteiger partial charge is 0.352 e. The zero-order chi connectivity index (χ0) is 19.9. The van der Waals surface area contributed by atoms with E-state index in [0.717, 1.165) is 17.8 Å². The van der Waals surface area contributed by atoms with Crippen LogP contribution < -0.4 is 5.73 Å². The van der Waals surface area contributed by atoms with Crippen molar-refractivity contribution in [2.75, 3.05) is 11.5 Å². The molecule has 4 N–H and O–H groups in total. The van der Waals surface area contributed by atoms with Gasteiger partial charge in [-0.2, -0.15) is 0 Å². The van der Waals surface area contributed by atoms with Crippen LogP contribution >= 0.6 is 23.5 Å². The molecule has 0 bridgehead atoms. The number of nitro benzene ring substituents is 1. The van der Waals surface area contributed by atoms with Gasteiger partial charge < -0.3 is 15.9 Å². The highest BCUT2D eigenvalue weighted by molar-refractivity contribution is 8.01. The number of nitrogens with zero attached hydrogens (tertiary/aromatic N) is 2. The van der Waals surface area contributed by atoms with Crippen LogP contribution in [0.25, 0.3) is 0 Å². The summed E-state index contributed by atoms with van der Waals surface area (Å²) in [4.78, 5) is 46.5. The van der Waals surface area contributed by atoms with Crippen LogP contribution in [0.1, 0.15) is 10.4 Å². The maximum atomic E-state index is 11.9. The molecule has 1 amide bonds. The molecule has 0 saturated carbocycles. The summed E-state index contributed by atoms with van der Waals surface area (Å²) >= 11 is 2.51. The molecule has 3 rings (SSSR count). The summed E-state index contributed by atoms with van der Waals surface area (Å²) < 4.78 is 0. The van der Waals surface area contributed by atoms with Crippen molar-refractivity contribution in [1.29, 1.82) is 0 Å². The number of thioether (sulfide) groups is 2. The van der Waals surface area contributed by atoms with Gasteiger partial charge in [0.25, 0.3) is 5.69 Å². The van der Waals surface area contributed by atoms with E-state index in [-0.39, 0.29) is 11.4 Å². The maximum Gasteiger partial charge on any atom is 0.352 e. The van der Waals surface area contributed by atoms with E-state index < -0.39 is 45.4 Å². The normalized spacial score (nSPS) is 21.5. The molecule has 2 aliphatic rings. The van der Waals surface area contributed by atoms with Crippen LogP contribution in [-0.4, -0.2) is 60.8 Å². The Bertz CT molecular complexity index is 901. The molecule has 2 atom stereocenters. The monoisotopic (exact) mass is 411 g/mol. The molecule has 10 nitrogen and oxygen atoms in total. The van der Waals surface area contributed by atoms with Crippen LogP contribution in [0.5, 0.6) is 0 Å². The van der Waals surface area contributed by atoms with E-state index in [9.17, 15) is 29.6 Å². The molecule has 1 saturated heterocycles. The van der Waals surface area contributed by atoms with Gasteiger partial charge in [0.15, 0.2) is 0 Å². The summed E-state index contributed by atoms with van der Waals surface area (Å²) in [5, 5.41) is 29.1. The Morgan fingerprint density at radius 2 is 2.07 bits per heavy atom. The molecule has 27 heavy (non-hydrogen) atoms. The summed E-state index contributed by atoms with van der Waals surface area (Å²) in [6.45, 7) is 0. The van der Waals surface area contributed by atoms with Crippen molar-refractivity contribution >= 4 is 47.1 Å². The number of rotatable bonds is 6. The molecule has 0 radical (unpaired) electrons. The molecule has 2 heterocycles. The summed E-state index contributed by atoms with van der Waals surface area (Å²) in [7, 11) is 0. The van der Waals surface area contributed by atoms with E-state index >= 15 is 0 Å². The number of carbonyl (C=O) groups excluding carboxylic acids is 1. The van der Waals surface area contributed by atoms with Gasteiger partial charge in [-0.1, -0.05) is 0 Å². The Morgan fingerprint density at radius 1 is 1.37 bits per heavy atom. The third-order valence-corrected chi connectivity index (χ3v) is 6.54. The van der Waals surface area contributed by atoms with Crippen molar-refractivity contribution < 1.29 is 29.5 Å². The molecule has 1 aromatic carbocycles. The average molecular weight is 411 g/mol. The van der Waals surface area contributed by atoms with E-state index in [1.165, 1.54) is 28.8 Å². The summed E-state index contributed by atoms with van der Waals surface area (Å²) in [6.07, 6.45) is 0. The number of hydrogen-bond acceptors (Lipinski definition) is 8. The van der Waals surface area contributed by atoms with Gasteiger partial charge >= 0.3 is 11.9 Å². The Kier molecular flexibility index (Phi) is 5.13. The van der Waals surface area contributed by atoms with Gasteiger partial charge in [0, 0.05) is 22.5 Å². The van der Waals surface area contributed by atoms with Gasteiger partial charge in [-0.25, -0.2) is 9.59 Å². The number of nitro groups is 1. The third-order valence-electron chi connectivity index (χ3n) is 4.10. The fourth-order valence-corrected chi connectivity index (χ4v) is 5.16. The zero-order valence-electron chi connectivity index (χ0n) is 13.5. The van der Waals surface area contributed by atoms with Crippen LogP contribution in [0.4, 0.5) is 5.69 Å².